The quantitative estimate of drug-likeness (QED) is 0.860. The first-order chi connectivity index (χ1) is 9.52. The first-order valence-electron chi connectivity index (χ1n) is 6.05. The van der Waals surface area contributed by atoms with E-state index in [1.807, 2.05) is 14.0 Å². The van der Waals surface area contributed by atoms with E-state index in [1.54, 1.807) is 16.8 Å². The zero-order valence-electron chi connectivity index (χ0n) is 11.1. The predicted octanol–water partition coefficient (Wildman–Crippen LogP) is 3.02. The summed E-state index contributed by atoms with van der Waals surface area (Å²) in [4.78, 5) is 15.5. The summed E-state index contributed by atoms with van der Waals surface area (Å²) in [6.45, 7) is 2.01. The molecule has 0 saturated carbocycles. The lowest BCUT2D eigenvalue weighted by atomic mass is 10.3. The Bertz CT molecular complexity index is 643. The number of aromatic nitrogens is 3. The molecule has 0 saturated heterocycles. The number of rotatable bonds is 5. The molecule has 0 radical (unpaired) electrons. The van der Waals surface area contributed by atoms with Crippen LogP contribution in [-0.2, 0) is 19.2 Å². The molecule has 0 aliphatic carbocycles. The number of carboxylic acids is 1. The van der Waals surface area contributed by atoms with Crippen LogP contribution in [0.3, 0.4) is 0 Å². The molecule has 7 heteroatoms. The van der Waals surface area contributed by atoms with Gasteiger partial charge in [-0.1, -0.05) is 18.5 Å². The van der Waals surface area contributed by atoms with Crippen molar-refractivity contribution >= 4 is 29.3 Å². The molecule has 20 heavy (non-hydrogen) atoms. The predicted molar refractivity (Wildman–Crippen MR) is 78.4 cm³/mol. The molecular formula is C13H14ClN3O2S. The highest BCUT2D eigenvalue weighted by molar-refractivity contribution is 7.98. The molecule has 2 aromatic rings. The Hall–Kier alpha value is -1.53. The second kappa shape index (κ2) is 6.28. The molecule has 0 atom stereocenters. The van der Waals surface area contributed by atoms with Crippen molar-refractivity contribution in [1.82, 2.24) is 14.8 Å². The van der Waals surface area contributed by atoms with Crippen LogP contribution in [0.4, 0.5) is 0 Å². The van der Waals surface area contributed by atoms with Gasteiger partial charge in [0, 0.05) is 23.9 Å². The summed E-state index contributed by atoms with van der Waals surface area (Å²) in [5.74, 6) is -0.398. The molecule has 0 fully saturated rings. The number of pyridine rings is 1. The molecule has 1 N–H and O–H groups in total. The minimum absolute atomic E-state index is 0.0420. The van der Waals surface area contributed by atoms with E-state index in [0.29, 0.717) is 10.8 Å². The zero-order chi connectivity index (χ0) is 14.7. The van der Waals surface area contributed by atoms with Crippen molar-refractivity contribution in [2.75, 3.05) is 0 Å². The van der Waals surface area contributed by atoms with Crippen molar-refractivity contribution in [3.63, 3.8) is 0 Å². The summed E-state index contributed by atoms with van der Waals surface area (Å²) in [5, 5.41) is 14.0. The largest absolute Gasteiger partial charge is 0.477 e. The van der Waals surface area contributed by atoms with Gasteiger partial charge in [0.05, 0.1) is 16.4 Å². The maximum atomic E-state index is 10.9. The van der Waals surface area contributed by atoms with E-state index in [-0.39, 0.29) is 5.69 Å². The van der Waals surface area contributed by atoms with Crippen LogP contribution in [0.1, 0.15) is 28.8 Å². The van der Waals surface area contributed by atoms with Crippen LogP contribution in [0.15, 0.2) is 23.2 Å². The standard InChI is InChI=1S/C13H14ClN3O2S/c1-3-9-12(14)11(17(2)16-9)7-20-8-4-5-15-10(6-8)13(18)19/h4-6H,3,7H2,1-2H3,(H,18,19). The van der Waals surface area contributed by atoms with Gasteiger partial charge < -0.3 is 5.11 Å². The first kappa shape index (κ1) is 14.9. The van der Waals surface area contributed by atoms with E-state index in [1.165, 1.54) is 18.0 Å². The second-order valence-electron chi connectivity index (χ2n) is 4.16. The molecular weight excluding hydrogens is 298 g/mol. The molecule has 2 rings (SSSR count). The molecule has 0 aliphatic rings. The van der Waals surface area contributed by atoms with Crippen LogP contribution in [0, 0.1) is 0 Å². The van der Waals surface area contributed by atoms with E-state index in [0.717, 1.165) is 22.7 Å². The summed E-state index contributed by atoms with van der Waals surface area (Å²) in [7, 11) is 1.86. The van der Waals surface area contributed by atoms with Gasteiger partial charge in [-0.05, 0) is 18.6 Å². The molecule has 2 heterocycles. The van der Waals surface area contributed by atoms with Gasteiger partial charge in [0.2, 0.25) is 0 Å². The van der Waals surface area contributed by atoms with Crippen molar-refractivity contribution in [2.45, 2.75) is 24.0 Å². The van der Waals surface area contributed by atoms with Crippen molar-refractivity contribution in [1.29, 1.82) is 0 Å². The monoisotopic (exact) mass is 311 g/mol. The zero-order valence-corrected chi connectivity index (χ0v) is 12.7. The van der Waals surface area contributed by atoms with Crippen LogP contribution in [0.25, 0.3) is 0 Å². The summed E-state index contributed by atoms with van der Waals surface area (Å²) in [5.41, 5.74) is 1.85. The lowest BCUT2D eigenvalue weighted by Crippen LogP contribution is -2.00. The minimum Gasteiger partial charge on any atom is -0.477 e. The fourth-order valence-corrected chi connectivity index (χ4v) is 3.17. The SMILES string of the molecule is CCc1nn(C)c(CSc2ccnc(C(=O)O)c2)c1Cl. The molecule has 106 valence electrons. The Labute approximate surface area is 126 Å². The number of carboxylic acid groups (broad SMARTS) is 1. The molecule has 0 amide bonds. The molecule has 0 spiro atoms. The Morgan fingerprint density at radius 1 is 1.55 bits per heavy atom. The molecule has 0 unspecified atom stereocenters. The van der Waals surface area contributed by atoms with Gasteiger partial charge in [-0.2, -0.15) is 5.10 Å². The third kappa shape index (κ3) is 3.13. The molecule has 5 nitrogen and oxygen atoms in total. The topological polar surface area (TPSA) is 68.0 Å². The summed E-state index contributed by atoms with van der Waals surface area (Å²) in [6.07, 6.45) is 2.28. The fraction of sp³-hybridized carbons (Fsp3) is 0.308. The maximum Gasteiger partial charge on any atom is 0.354 e. The van der Waals surface area contributed by atoms with Crippen LogP contribution in [0.5, 0.6) is 0 Å². The van der Waals surface area contributed by atoms with Gasteiger partial charge in [0.25, 0.3) is 0 Å². The Kier molecular flexibility index (Phi) is 4.67. The number of hydrogen-bond acceptors (Lipinski definition) is 4. The minimum atomic E-state index is -1.03. The normalized spacial score (nSPS) is 10.8. The Morgan fingerprint density at radius 3 is 2.90 bits per heavy atom. The van der Waals surface area contributed by atoms with Crippen molar-refractivity contribution in [2.24, 2.45) is 7.05 Å². The Balaban J connectivity index is 2.15. The van der Waals surface area contributed by atoms with Crippen LogP contribution < -0.4 is 0 Å². The first-order valence-corrected chi connectivity index (χ1v) is 7.41. The average molecular weight is 312 g/mol. The third-order valence-electron chi connectivity index (χ3n) is 2.83. The highest BCUT2D eigenvalue weighted by atomic mass is 35.5. The molecule has 0 aliphatic heterocycles. The van der Waals surface area contributed by atoms with Crippen LogP contribution in [-0.4, -0.2) is 25.8 Å². The second-order valence-corrected chi connectivity index (χ2v) is 5.58. The molecule has 0 bridgehead atoms. The number of thioether (sulfide) groups is 1. The van der Waals surface area contributed by atoms with Gasteiger partial charge in [-0.25, -0.2) is 9.78 Å². The van der Waals surface area contributed by atoms with Crippen molar-refractivity contribution in [3.05, 3.63) is 40.4 Å². The smallest absolute Gasteiger partial charge is 0.354 e. The highest BCUT2D eigenvalue weighted by Crippen LogP contribution is 2.28. The van der Waals surface area contributed by atoms with Crippen molar-refractivity contribution < 1.29 is 9.90 Å². The summed E-state index contributed by atoms with van der Waals surface area (Å²) >= 11 is 7.78. The number of hydrogen-bond donors (Lipinski definition) is 1. The summed E-state index contributed by atoms with van der Waals surface area (Å²) < 4.78 is 1.77. The summed E-state index contributed by atoms with van der Waals surface area (Å²) in [6, 6.07) is 3.33. The molecule has 0 aromatic carbocycles. The van der Waals surface area contributed by atoms with Gasteiger partial charge in [-0.3, -0.25) is 4.68 Å². The van der Waals surface area contributed by atoms with E-state index < -0.39 is 5.97 Å². The number of halogens is 1. The van der Waals surface area contributed by atoms with Crippen LogP contribution in [0.2, 0.25) is 5.02 Å². The van der Waals surface area contributed by atoms with Gasteiger partial charge >= 0.3 is 5.97 Å². The van der Waals surface area contributed by atoms with E-state index in [4.69, 9.17) is 16.7 Å². The fourth-order valence-electron chi connectivity index (χ4n) is 1.75. The van der Waals surface area contributed by atoms with E-state index >= 15 is 0 Å². The average Bonchev–Trinajstić information content (AvgIpc) is 2.71. The Morgan fingerprint density at radius 2 is 2.30 bits per heavy atom. The number of carbonyl (C=O) groups is 1. The van der Waals surface area contributed by atoms with Crippen molar-refractivity contribution in [3.8, 4) is 0 Å². The van der Waals surface area contributed by atoms with Gasteiger partial charge in [0.15, 0.2) is 0 Å². The van der Waals surface area contributed by atoms with Gasteiger partial charge in [0.1, 0.15) is 5.69 Å². The van der Waals surface area contributed by atoms with Crippen LogP contribution >= 0.6 is 23.4 Å². The van der Waals surface area contributed by atoms with Gasteiger partial charge in [-0.15, -0.1) is 11.8 Å². The number of aryl methyl sites for hydroxylation is 2. The lowest BCUT2D eigenvalue weighted by Gasteiger charge is -2.04. The third-order valence-corrected chi connectivity index (χ3v) is 4.27. The number of nitrogens with zero attached hydrogens (tertiary/aromatic N) is 3. The van der Waals surface area contributed by atoms with E-state index in [2.05, 4.69) is 10.1 Å². The maximum absolute atomic E-state index is 10.9. The highest BCUT2D eigenvalue weighted by Gasteiger charge is 2.13. The molecule has 2 aromatic heterocycles. The number of aromatic carboxylic acids is 1. The lowest BCUT2D eigenvalue weighted by molar-refractivity contribution is 0.0690. The van der Waals surface area contributed by atoms with E-state index in [9.17, 15) is 4.79 Å².